The summed E-state index contributed by atoms with van der Waals surface area (Å²) in [4.78, 5) is 5.59. The van der Waals surface area contributed by atoms with Crippen LogP contribution in [0.15, 0.2) is 5.38 Å². The number of rotatable bonds is 6. The van der Waals surface area contributed by atoms with E-state index in [1.165, 1.54) is 29.1 Å². The molecule has 1 aromatic heterocycles. The average molecular weight is 293 g/mol. The Morgan fingerprint density at radius 1 is 1.47 bits per heavy atom. The quantitative estimate of drug-likeness (QED) is 0.873. The second-order valence-electron chi connectivity index (χ2n) is 5.11. The first kappa shape index (κ1) is 14.6. The van der Waals surface area contributed by atoms with Crippen LogP contribution in [0.1, 0.15) is 32.4 Å². The minimum atomic E-state index is -4.21. The largest absolute Gasteiger partial charge is 0.406 e. The summed E-state index contributed by atoms with van der Waals surface area (Å²) in [7, 11) is 0. The Labute approximate surface area is 114 Å². The predicted octanol–water partition coefficient (Wildman–Crippen LogP) is 3.17. The molecule has 2 rings (SSSR count). The highest BCUT2D eigenvalue weighted by molar-refractivity contribution is 7.13. The number of nitrogens with one attached hydrogen (secondary N) is 1. The molecule has 0 aliphatic heterocycles. The molecule has 7 heteroatoms. The molecule has 0 aromatic carbocycles. The molecule has 0 unspecified atom stereocenters. The number of anilines is 1. The van der Waals surface area contributed by atoms with E-state index in [0.29, 0.717) is 17.7 Å². The van der Waals surface area contributed by atoms with Crippen LogP contribution in [0.4, 0.5) is 18.3 Å². The molecule has 1 saturated carbocycles. The van der Waals surface area contributed by atoms with Crippen molar-refractivity contribution >= 4 is 16.5 Å². The van der Waals surface area contributed by atoms with Gasteiger partial charge in [0.25, 0.3) is 0 Å². The van der Waals surface area contributed by atoms with Gasteiger partial charge in [0.05, 0.1) is 5.69 Å². The molecule has 3 nitrogen and oxygen atoms in total. The molecular weight excluding hydrogens is 275 g/mol. The van der Waals surface area contributed by atoms with E-state index in [2.05, 4.69) is 10.3 Å². The second-order valence-corrected chi connectivity index (χ2v) is 5.95. The lowest BCUT2D eigenvalue weighted by atomic mass is 10.3. The zero-order chi connectivity index (χ0) is 14.0. The first-order chi connectivity index (χ1) is 8.85. The minimum Gasteiger partial charge on any atom is -0.337 e. The van der Waals surface area contributed by atoms with Crippen LogP contribution in [0.2, 0.25) is 0 Å². The van der Waals surface area contributed by atoms with Crippen molar-refractivity contribution in [1.82, 2.24) is 10.3 Å². The molecule has 0 saturated heterocycles. The molecule has 1 aromatic rings. The van der Waals surface area contributed by atoms with Crippen molar-refractivity contribution in [3.05, 3.63) is 11.1 Å². The standard InChI is InChI=1S/C12H18F3N3S/c1-8(2)18(7-12(13,14)15)11-17-10(6-19-11)5-16-9-3-4-9/h6,8-9,16H,3-5,7H2,1-2H3. The van der Waals surface area contributed by atoms with Crippen LogP contribution in [-0.2, 0) is 6.54 Å². The Morgan fingerprint density at radius 2 is 2.16 bits per heavy atom. The average Bonchev–Trinajstić information content (AvgIpc) is 3.00. The fraction of sp³-hybridized carbons (Fsp3) is 0.750. The highest BCUT2D eigenvalue weighted by atomic mass is 32.1. The van der Waals surface area contributed by atoms with Gasteiger partial charge < -0.3 is 10.2 Å². The molecule has 0 atom stereocenters. The zero-order valence-electron chi connectivity index (χ0n) is 11.0. The Bertz CT molecular complexity index is 413. The smallest absolute Gasteiger partial charge is 0.337 e. The number of aromatic nitrogens is 1. The number of alkyl halides is 3. The van der Waals surface area contributed by atoms with E-state index in [1.807, 2.05) is 5.38 Å². The number of halogens is 3. The predicted molar refractivity (Wildman–Crippen MR) is 70.5 cm³/mol. The van der Waals surface area contributed by atoms with Crippen molar-refractivity contribution < 1.29 is 13.2 Å². The Balaban J connectivity index is 1.99. The summed E-state index contributed by atoms with van der Waals surface area (Å²) in [5, 5.41) is 5.58. The summed E-state index contributed by atoms with van der Waals surface area (Å²) in [6.45, 7) is 3.18. The fourth-order valence-electron chi connectivity index (χ4n) is 1.71. The van der Waals surface area contributed by atoms with E-state index < -0.39 is 12.7 Å². The van der Waals surface area contributed by atoms with Crippen LogP contribution in [0.25, 0.3) is 0 Å². The molecule has 0 bridgehead atoms. The molecule has 108 valence electrons. The first-order valence-electron chi connectivity index (χ1n) is 6.36. The monoisotopic (exact) mass is 293 g/mol. The van der Waals surface area contributed by atoms with E-state index in [1.54, 1.807) is 13.8 Å². The van der Waals surface area contributed by atoms with Crippen LogP contribution in [0.3, 0.4) is 0 Å². The van der Waals surface area contributed by atoms with Crippen LogP contribution < -0.4 is 10.2 Å². The highest BCUT2D eigenvalue weighted by Crippen LogP contribution is 2.27. The summed E-state index contributed by atoms with van der Waals surface area (Å²) in [5.74, 6) is 0. The van der Waals surface area contributed by atoms with Gasteiger partial charge >= 0.3 is 6.18 Å². The summed E-state index contributed by atoms with van der Waals surface area (Å²) >= 11 is 1.27. The maximum Gasteiger partial charge on any atom is 0.406 e. The fourth-order valence-corrected chi connectivity index (χ4v) is 2.67. The zero-order valence-corrected chi connectivity index (χ0v) is 11.8. The lowest BCUT2D eigenvalue weighted by molar-refractivity contribution is -0.120. The van der Waals surface area contributed by atoms with E-state index in [-0.39, 0.29) is 6.04 Å². The van der Waals surface area contributed by atoms with Crippen molar-refractivity contribution in [2.75, 3.05) is 11.4 Å². The van der Waals surface area contributed by atoms with Gasteiger partial charge in [-0.2, -0.15) is 13.2 Å². The highest BCUT2D eigenvalue weighted by Gasteiger charge is 2.33. The van der Waals surface area contributed by atoms with E-state index >= 15 is 0 Å². The minimum absolute atomic E-state index is 0.225. The molecule has 1 aliphatic carbocycles. The third-order valence-electron chi connectivity index (χ3n) is 2.91. The van der Waals surface area contributed by atoms with Gasteiger partial charge in [0, 0.05) is 24.0 Å². The lowest BCUT2D eigenvalue weighted by Gasteiger charge is -2.27. The maximum absolute atomic E-state index is 12.5. The van der Waals surface area contributed by atoms with Crippen LogP contribution in [-0.4, -0.2) is 29.8 Å². The summed E-state index contributed by atoms with van der Waals surface area (Å²) in [5.41, 5.74) is 0.819. The molecule has 0 amide bonds. The number of hydrogen-bond donors (Lipinski definition) is 1. The molecule has 1 N–H and O–H groups in total. The molecule has 1 heterocycles. The van der Waals surface area contributed by atoms with E-state index in [4.69, 9.17) is 0 Å². The van der Waals surface area contributed by atoms with Crippen molar-refractivity contribution in [1.29, 1.82) is 0 Å². The lowest BCUT2D eigenvalue weighted by Crippen LogP contribution is -2.39. The van der Waals surface area contributed by atoms with Gasteiger partial charge in [-0.15, -0.1) is 11.3 Å². The van der Waals surface area contributed by atoms with Crippen molar-refractivity contribution in [3.8, 4) is 0 Å². The molecule has 1 fully saturated rings. The molecule has 0 spiro atoms. The van der Waals surface area contributed by atoms with Gasteiger partial charge in [-0.05, 0) is 26.7 Å². The first-order valence-corrected chi connectivity index (χ1v) is 7.24. The van der Waals surface area contributed by atoms with Crippen LogP contribution in [0.5, 0.6) is 0 Å². The molecule has 19 heavy (non-hydrogen) atoms. The Morgan fingerprint density at radius 3 is 2.68 bits per heavy atom. The van der Waals surface area contributed by atoms with E-state index in [9.17, 15) is 13.2 Å². The van der Waals surface area contributed by atoms with Crippen LogP contribution >= 0.6 is 11.3 Å². The van der Waals surface area contributed by atoms with Gasteiger partial charge in [0.2, 0.25) is 0 Å². The number of hydrogen-bond acceptors (Lipinski definition) is 4. The van der Waals surface area contributed by atoms with Gasteiger partial charge in [-0.25, -0.2) is 4.98 Å². The third-order valence-corrected chi connectivity index (χ3v) is 3.83. The summed E-state index contributed by atoms with van der Waals surface area (Å²) < 4.78 is 37.6. The van der Waals surface area contributed by atoms with Gasteiger partial charge in [0.1, 0.15) is 6.54 Å². The summed E-state index contributed by atoms with van der Waals surface area (Å²) in [6.07, 6.45) is -1.84. The number of thiazole rings is 1. The van der Waals surface area contributed by atoms with Crippen LogP contribution in [0, 0.1) is 0 Å². The normalized spacial score (nSPS) is 16.1. The molecule has 0 radical (unpaired) electrons. The van der Waals surface area contributed by atoms with Gasteiger partial charge in [-0.1, -0.05) is 0 Å². The molecular formula is C12H18F3N3S. The van der Waals surface area contributed by atoms with Crippen molar-refractivity contribution in [2.45, 2.75) is 51.5 Å². The van der Waals surface area contributed by atoms with E-state index in [0.717, 1.165) is 5.69 Å². The summed E-state index contributed by atoms with van der Waals surface area (Å²) in [6, 6.07) is 0.346. The second kappa shape index (κ2) is 5.66. The third kappa shape index (κ3) is 4.65. The number of nitrogens with zero attached hydrogens (tertiary/aromatic N) is 2. The van der Waals surface area contributed by atoms with Gasteiger partial charge in [-0.3, -0.25) is 0 Å². The Kier molecular flexibility index (Phi) is 4.35. The Hall–Kier alpha value is -0.820. The topological polar surface area (TPSA) is 28.2 Å². The van der Waals surface area contributed by atoms with Crippen molar-refractivity contribution in [3.63, 3.8) is 0 Å². The maximum atomic E-state index is 12.5. The molecule has 1 aliphatic rings. The van der Waals surface area contributed by atoms with Crippen molar-refractivity contribution in [2.24, 2.45) is 0 Å². The van der Waals surface area contributed by atoms with Gasteiger partial charge in [0.15, 0.2) is 5.13 Å². The SMILES string of the molecule is CC(C)N(CC(F)(F)F)c1nc(CNC2CC2)cs1.